The van der Waals surface area contributed by atoms with Crippen molar-refractivity contribution in [2.24, 2.45) is 11.8 Å². The third-order valence-corrected chi connectivity index (χ3v) is 4.30. The van der Waals surface area contributed by atoms with Gasteiger partial charge in [-0.1, -0.05) is 24.4 Å². The molecule has 4 nitrogen and oxygen atoms in total. The van der Waals surface area contributed by atoms with Gasteiger partial charge in [0.25, 0.3) is 0 Å². The largest absolute Gasteiger partial charge is 0.338 e. The van der Waals surface area contributed by atoms with Gasteiger partial charge in [0.2, 0.25) is 5.89 Å². The molecule has 2 atom stereocenters. The minimum Gasteiger partial charge on any atom is -0.338 e. The molecule has 1 saturated heterocycles. The summed E-state index contributed by atoms with van der Waals surface area (Å²) >= 11 is 0. The highest BCUT2D eigenvalue weighted by molar-refractivity contribution is 4.87. The highest BCUT2D eigenvalue weighted by atomic mass is 16.5. The van der Waals surface area contributed by atoms with Gasteiger partial charge in [-0.25, -0.2) is 0 Å². The number of piperidine rings is 1. The monoisotopic (exact) mass is 235 g/mol. The Hall–Kier alpha value is -0.900. The highest BCUT2D eigenvalue weighted by Gasteiger charge is 2.31. The van der Waals surface area contributed by atoms with Crippen LogP contribution < -0.4 is 0 Å². The lowest BCUT2D eigenvalue weighted by Gasteiger charge is -2.40. The van der Waals surface area contributed by atoms with Gasteiger partial charge in [0.05, 0.1) is 6.54 Å². The van der Waals surface area contributed by atoms with Crippen LogP contribution in [0, 0.1) is 18.8 Å². The zero-order valence-electron chi connectivity index (χ0n) is 10.6. The fourth-order valence-corrected chi connectivity index (χ4v) is 3.42. The summed E-state index contributed by atoms with van der Waals surface area (Å²) in [5, 5.41) is 3.85. The molecule has 4 heteroatoms. The molecule has 0 aromatic carbocycles. The summed E-state index contributed by atoms with van der Waals surface area (Å²) in [5.41, 5.74) is 0. The molecule has 0 amide bonds. The molecule has 1 aliphatic heterocycles. The van der Waals surface area contributed by atoms with Crippen molar-refractivity contribution in [3.05, 3.63) is 11.7 Å². The molecule has 0 unspecified atom stereocenters. The van der Waals surface area contributed by atoms with Crippen molar-refractivity contribution < 1.29 is 4.52 Å². The van der Waals surface area contributed by atoms with Crippen molar-refractivity contribution >= 4 is 0 Å². The van der Waals surface area contributed by atoms with Crippen molar-refractivity contribution in [2.75, 3.05) is 13.1 Å². The lowest BCUT2D eigenvalue weighted by molar-refractivity contribution is 0.0747. The van der Waals surface area contributed by atoms with E-state index in [4.69, 9.17) is 4.52 Å². The van der Waals surface area contributed by atoms with Crippen molar-refractivity contribution in [1.29, 1.82) is 0 Å². The molecule has 0 N–H and O–H groups in total. The lowest BCUT2D eigenvalue weighted by atomic mass is 9.75. The van der Waals surface area contributed by atoms with Gasteiger partial charge >= 0.3 is 0 Å². The normalized spacial score (nSPS) is 30.2. The number of aryl methyl sites for hydroxylation is 1. The maximum Gasteiger partial charge on any atom is 0.240 e. The van der Waals surface area contributed by atoms with E-state index in [1.165, 1.54) is 45.2 Å². The Kier molecular flexibility index (Phi) is 3.14. The van der Waals surface area contributed by atoms with E-state index in [0.717, 1.165) is 30.1 Å². The van der Waals surface area contributed by atoms with Crippen LogP contribution in [0.4, 0.5) is 0 Å². The third-order valence-electron chi connectivity index (χ3n) is 4.30. The maximum atomic E-state index is 5.20. The van der Waals surface area contributed by atoms with E-state index >= 15 is 0 Å². The van der Waals surface area contributed by atoms with E-state index in [1.807, 2.05) is 6.92 Å². The summed E-state index contributed by atoms with van der Waals surface area (Å²) in [6.07, 6.45) is 7.11. The van der Waals surface area contributed by atoms with Crippen LogP contribution in [0.25, 0.3) is 0 Å². The van der Waals surface area contributed by atoms with Crippen LogP contribution in [0.1, 0.15) is 43.8 Å². The van der Waals surface area contributed by atoms with E-state index in [0.29, 0.717) is 0 Å². The second-order valence-electron chi connectivity index (χ2n) is 5.56. The van der Waals surface area contributed by atoms with E-state index < -0.39 is 0 Å². The van der Waals surface area contributed by atoms with Gasteiger partial charge in [0.1, 0.15) is 0 Å². The van der Waals surface area contributed by atoms with Gasteiger partial charge in [-0.05, 0) is 38.1 Å². The fraction of sp³-hybridized carbons (Fsp3) is 0.846. The number of hydrogen-bond donors (Lipinski definition) is 0. The molecule has 1 aliphatic carbocycles. The van der Waals surface area contributed by atoms with Gasteiger partial charge < -0.3 is 4.52 Å². The van der Waals surface area contributed by atoms with Crippen molar-refractivity contribution in [3.8, 4) is 0 Å². The van der Waals surface area contributed by atoms with E-state index in [-0.39, 0.29) is 0 Å². The molecule has 17 heavy (non-hydrogen) atoms. The smallest absolute Gasteiger partial charge is 0.240 e. The average Bonchev–Trinajstić information content (AvgIpc) is 2.75. The van der Waals surface area contributed by atoms with Crippen molar-refractivity contribution in [2.45, 2.75) is 45.6 Å². The Bertz CT molecular complexity index is 376. The molecule has 2 heterocycles. The van der Waals surface area contributed by atoms with Crippen molar-refractivity contribution in [3.63, 3.8) is 0 Å². The van der Waals surface area contributed by atoms with Gasteiger partial charge in [0, 0.05) is 6.54 Å². The highest BCUT2D eigenvalue weighted by Crippen LogP contribution is 2.36. The minimum absolute atomic E-state index is 0.743. The number of nitrogens with zero attached hydrogens (tertiary/aromatic N) is 3. The summed E-state index contributed by atoms with van der Waals surface area (Å²) in [6.45, 7) is 5.14. The average molecular weight is 235 g/mol. The molecule has 94 valence electrons. The molecular weight excluding hydrogens is 214 g/mol. The summed E-state index contributed by atoms with van der Waals surface area (Å²) < 4.78 is 5.20. The number of fused-ring (bicyclic) bond motifs is 1. The standard InChI is InChI=1S/C13H21N3O/c1-10-14-13(17-15-10)9-16-7-6-11-4-2-3-5-12(11)8-16/h11-12H,2-9H2,1H3/t11-,12-/m0/s1. The molecule has 0 bridgehead atoms. The van der Waals surface area contributed by atoms with Crippen LogP contribution in [0.15, 0.2) is 4.52 Å². The molecule has 0 radical (unpaired) electrons. The first-order chi connectivity index (χ1) is 8.31. The van der Waals surface area contributed by atoms with Crippen LogP contribution >= 0.6 is 0 Å². The second kappa shape index (κ2) is 4.77. The first kappa shape index (κ1) is 11.2. The minimum atomic E-state index is 0.743. The lowest BCUT2D eigenvalue weighted by Crippen LogP contribution is -2.41. The Morgan fingerprint density at radius 1 is 1.24 bits per heavy atom. The Balaban J connectivity index is 1.58. The zero-order chi connectivity index (χ0) is 11.7. The van der Waals surface area contributed by atoms with Gasteiger partial charge in [-0.2, -0.15) is 4.98 Å². The fourth-order valence-electron chi connectivity index (χ4n) is 3.42. The van der Waals surface area contributed by atoms with Crippen LogP contribution in [-0.2, 0) is 6.54 Å². The van der Waals surface area contributed by atoms with E-state index in [9.17, 15) is 0 Å². The topological polar surface area (TPSA) is 42.2 Å². The van der Waals surface area contributed by atoms with Gasteiger partial charge in [0.15, 0.2) is 5.82 Å². The molecule has 0 spiro atoms. The van der Waals surface area contributed by atoms with Crippen molar-refractivity contribution in [1.82, 2.24) is 15.0 Å². The summed E-state index contributed by atoms with van der Waals surface area (Å²) in [4.78, 5) is 6.77. The quantitative estimate of drug-likeness (QED) is 0.789. The predicted molar refractivity (Wildman–Crippen MR) is 64.4 cm³/mol. The zero-order valence-corrected chi connectivity index (χ0v) is 10.6. The Morgan fingerprint density at radius 3 is 2.82 bits per heavy atom. The Morgan fingerprint density at radius 2 is 2.06 bits per heavy atom. The first-order valence-corrected chi connectivity index (χ1v) is 6.83. The molecule has 3 rings (SSSR count). The summed E-state index contributed by atoms with van der Waals surface area (Å²) in [6, 6.07) is 0. The SMILES string of the molecule is Cc1noc(CN2CC[C@@H]3CCCC[C@H]3C2)n1. The number of hydrogen-bond acceptors (Lipinski definition) is 4. The number of aromatic nitrogens is 2. The molecule has 1 aromatic heterocycles. The number of rotatable bonds is 2. The Labute approximate surface area is 102 Å². The predicted octanol–water partition coefficient (Wildman–Crippen LogP) is 2.39. The van der Waals surface area contributed by atoms with Gasteiger partial charge in [-0.15, -0.1) is 0 Å². The number of likely N-dealkylation sites (tertiary alicyclic amines) is 1. The van der Waals surface area contributed by atoms with E-state index in [2.05, 4.69) is 15.0 Å². The maximum absolute atomic E-state index is 5.20. The van der Waals surface area contributed by atoms with Crippen LogP contribution in [0.2, 0.25) is 0 Å². The second-order valence-corrected chi connectivity index (χ2v) is 5.56. The molecule has 1 saturated carbocycles. The van der Waals surface area contributed by atoms with Crippen LogP contribution in [0.5, 0.6) is 0 Å². The molecule has 2 aliphatic rings. The van der Waals surface area contributed by atoms with E-state index in [1.54, 1.807) is 0 Å². The molecular formula is C13H21N3O. The molecule has 2 fully saturated rings. The summed E-state index contributed by atoms with van der Waals surface area (Å²) in [7, 11) is 0. The summed E-state index contributed by atoms with van der Waals surface area (Å²) in [5.74, 6) is 3.43. The van der Waals surface area contributed by atoms with Gasteiger partial charge in [-0.3, -0.25) is 4.90 Å². The van der Waals surface area contributed by atoms with Crippen LogP contribution in [0.3, 0.4) is 0 Å². The first-order valence-electron chi connectivity index (χ1n) is 6.83. The molecule has 1 aromatic rings. The third kappa shape index (κ3) is 2.51. The van der Waals surface area contributed by atoms with Crippen LogP contribution in [-0.4, -0.2) is 28.1 Å².